The summed E-state index contributed by atoms with van der Waals surface area (Å²) in [5.74, 6) is 4.49. The summed E-state index contributed by atoms with van der Waals surface area (Å²) in [5.41, 5.74) is 6.60. The number of H-pyrrole nitrogens is 1. The lowest BCUT2D eigenvalue weighted by atomic mass is 9.96. The van der Waals surface area contributed by atoms with E-state index in [1.807, 2.05) is 57.2 Å². The van der Waals surface area contributed by atoms with Gasteiger partial charge in [0.15, 0.2) is 0 Å². The number of piperazine rings is 2. The maximum absolute atomic E-state index is 15.2. The molecule has 4 amide bonds. The number of anilines is 2. The summed E-state index contributed by atoms with van der Waals surface area (Å²) in [6.07, 6.45) is 3.35. The predicted molar refractivity (Wildman–Crippen MR) is 268 cm³/mol. The number of halogens is 2. The van der Waals surface area contributed by atoms with Gasteiger partial charge in [-0.2, -0.15) is 0 Å². The minimum absolute atomic E-state index is 0.0826. The number of carbonyl (C=O) groups excluding carboxylic acids is 3. The van der Waals surface area contributed by atoms with E-state index in [0.717, 1.165) is 91.8 Å². The second kappa shape index (κ2) is 20.4. The van der Waals surface area contributed by atoms with Crippen LogP contribution in [-0.4, -0.2) is 123 Å². The Hall–Kier alpha value is -7.25. The van der Waals surface area contributed by atoms with E-state index in [0.29, 0.717) is 72.6 Å². The van der Waals surface area contributed by atoms with Crippen molar-refractivity contribution in [3.63, 3.8) is 0 Å². The Morgan fingerprint density at radius 2 is 1.60 bits per heavy atom. The zero-order chi connectivity index (χ0) is 49.1. The van der Waals surface area contributed by atoms with Gasteiger partial charge in [-0.3, -0.25) is 19.4 Å². The summed E-state index contributed by atoms with van der Waals surface area (Å²) in [7, 11) is 0. The molecule has 0 aliphatic carbocycles. The van der Waals surface area contributed by atoms with Crippen molar-refractivity contribution in [1.29, 1.82) is 0 Å². The number of rotatable bonds is 10. The fraction of sp³-hybridized carbons (Fsp3) is 0.327. The fourth-order valence-corrected chi connectivity index (χ4v) is 9.34. The van der Waals surface area contributed by atoms with Crippen molar-refractivity contribution in [2.75, 3.05) is 75.7 Å². The van der Waals surface area contributed by atoms with Crippen LogP contribution < -0.4 is 10.2 Å². The highest BCUT2D eigenvalue weighted by Gasteiger charge is 2.29. The van der Waals surface area contributed by atoms with Crippen molar-refractivity contribution in [2.45, 2.75) is 52.2 Å². The number of hydrogen-bond acceptors (Lipinski definition) is 8. The maximum Gasteiger partial charge on any atom is 0.320 e. The third kappa shape index (κ3) is 10.8. The Morgan fingerprint density at radius 3 is 2.30 bits per heavy atom. The van der Waals surface area contributed by atoms with Crippen molar-refractivity contribution >= 4 is 40.3 Å². The summed E-state index contributed by atoms with van der Waals surface area (Å²) in [5, 5.41) is 13.6. The highest BCUT2D eigenvalue weighted by atomic mass is 19.1. The van der Waals surface area contributed by atoms with E-state index in [4.69, 9.17) is 0 Å². The molecule has 0 bridgehead atoms. The van der Waals surface area contributed by atoms with Crippen molar-refractivity contribution in [3.8, 4) is 34.4 Å². The van der Waals surface area contributed by atoms with Gasteiger partial charge in [-0.15, -0.1) is 0 Å². The molecule has 2 aromatic heterocycles. The maximum atomic E-state index is 15.2. The summed E-state index contributed by atoms with van der Waals surface area (Å²) < 4.78 is 30.2. The van der Waals surface area contributed by atoms with Crippen LogP contribution in [0.4, 0.5) is 25.0 Å². The zero-order valence-electron chi connectivity index (χ0n) is 39.8. The van der Waals surface area contributed by atoms with Gasteiger partial charge in [0.05, 0.1) is 16.9 Å². The molecule has 0 atom stereocenters. The molecule has 0 saturated carbocycles. The molecule has 360 valence electrons. The molecule has 4 aromatic carbocycles. The number of urea groups is 1. The van der Waals surface area contributed by atoms with E-state index < -0.39 is 23.1 Å². The smallest absolute Gasteiger partial charge is 0.320 e. The number of nitrogens with one attached hydrogen (secondary N) is 2. The van der Waals surface area contributed by atoms with E-state index in [1.54, 1.807) is 6.92 Å². The molecule has 0 unspecified atom stereocenters. The quantitative estimate of drug-likeness (QED) is 0.0921. The van der Waals surface area contributed by atoms with Gasteiger partial charge >= 0.3 is 6.03 Å². The second-order valence-corrected chi connectivity index (χ2v) is 18.9. The number of benzene rings is 4. The molecule has 15 heteroatoms. The summed E-state index contributed by atoms with van der Waals surface area (Å²) in [4.78, 5) is 62.1. The molecule has 70 heavy (non-hydrogen) atoms. The topological polar surface area (TPSA) is 141 Å². The monoisotopic (exact) mass is 945 g/mol. The van der Waals surface area contributed by atoms with Crippen LogP contribution in [-0.2, 0) is 16.9 Å². The van der Waals surface area contributed by atoms with Gasteiger partial charge in [-0.1, -0.05) is 60.4 Å². The molecule has 6 aromatic rings. The average molecular weight is 946 g/mol. The first kappa shape index (κ1) is 47.8. The Kier molecular flexibility index (Phi) is 13.9. The molecular formula is C55H57F2N9O4. The van der Waals surface area contributed by atoms with Gasteiger partial charge in [-0.25, -0.2) is 23.5 Å². The summed E-state index contributed by atoms with van der Waals surface area (Å²) in [6.45, 7) is 16.9. The van der Waals surface area contributed by atoms with Crippen LogP contribution in [0.5, 0.6) is 0 Å². The normalized spacial score (nSPS) is 16.1. The van der Waals surface area contributed by atoms with E-state index >= 15 is 8.78 Å². The standard InChI is InChI=1S/C55H57F2N9O4/c1-36-17-19-66(50(67)28-36)43-10-7-9-38(29-43)8-5-6-18-62-20-24-64(25-21-62)54(69)65-26-22-63(23-27-65)34-39-11-13-40(14-12-39)49-33-46-51(58-35-59-52(46)60-49)45-31-42(56)32-48(37(45)2)61-53(68)44-16-15-41(30-47(44)57)55(3,4)70/h7,9-16,29-33,35,70H,1,6,17-28,34H2,2-4H3,(H,61,68)(H,58,59,60). The Labute approximate surface area is 406 Å². The van der Waals surface area contributed by atoms with E-state index in [9.17, 15) is 19.5 Å². The van der Waals surface area contributed by atoms with Crippen LogP contribution in [0.1, 0.15) is 65.7 Å². The molecular weight excluding hydrogens is 889 g/mol. The first-order valence-corrected chi connectivity index (χ1v) is 23.8. The van der Waals surface area contributed by atoms with Gasteiger partial charge in [0, 0.05) is 118 Å². The molecule has 3 aliphatic heterocycles. The number of aromatic amines is 1. The van der Waals surface area contributed by atoms with E-state index in [2.05, 4.69) is 60.6 Å². The molecule has 9 rings (SSSR count). The van der Waals surface area contributed by atoms with Crippen molar-refractivity contribution in [1.82, 2.24) is 34.6 Å². The molecule has 5 heterocycles. The zero-order valence-corrected chi connectivity index (χ0v) is 39.8. The van der Waals surface area contributed by atoms with Crippen LogP contribution in [0.2, 0.25) is 0 Å². The van der Waals surface area contributed by atoms with Crippen molar-refractivity contribution < 1.29 is 28.3 Å². The van der Waals surface area contributed by atoms with Gasteiger partial charge in [-0.05, 0) is 98.0 Å². The van der Waals surface area contributed by atoms with Crippen LogP contribution in [0.15, 0.2) is 103 Å². The van der Waals surface area contributed by atoms with E-state index in [-0.39, 0.29) is 23.2 Å². The molecule has 3 fully saturated rings. The largest absolute Gasteiger partial charge is 0.386 e. The lowest BCUT2D eigenvalue weighted by molar-refractivity contribution is -0.118. The fourth-order valence-electron chi connectivity index (χ4n) is 9.34. The first-order valence-electron chi connectivity index (χ1n) is 23.8. The Morgan fingerprint density at radius 1 is 0.871 bits per heavy atom. The lowest BCUT2D eigenvalue weighted by Crippen LogP contribution is -2.56. The van der Waals surface area contributed by atoms with Gasteiger partial charge in [0.1, 0.15) is 23.6 Å². The number of aliphatic hydroxyl groups is 1. The lowest BCUT2D eigenvalue weighted by Gasteiger charge is -2.40. The van der Waals surface area contributed by atoms with Gasteiger partial charge < -0.3 is 30.1 Å². The van der Waals surface area contributed by atoms with Gasteiger partial charge in [0.25, 0.3) is 5.91 Å². The average Bonchev–Trinajstić information content (AvgIpc) is 3.79. The highest BCUT2D eigenvalue weighted by molar-refractivity contribution is 6.06. The number of hydrogen-bond donors (Lipinski definition) is 3. The number of aromatic nitrogens is 3. The molecule has 13 nitrogen and oxygen atoms in total. The first-order chi connectivity index (χ1) is 33.7. The Bertz CT molecular complexity index is 3030. The minimum atomic E-state index is -1.29. The number of fused-ring (bicyclic) bond motifs is 1. The van der Waals surface area contributed by atoms with Crippen LogP contribution >= 0.6 is 0 Å². The Balaban J connectivity index is 0.751. The van der Waals surface area contributed by atoms with Gasteiger partial charge in [0.2, 0.25) is 5.91 Å². The van der Waals surface area contributed by atoms with Crippen LogP contribution in [0.25, 0.3) is 33.5 Å². The number of carbonyl (C=O) groups is 3. The van der Waals surface area contributed by atoms with E-state index in [1.165, 1.54) is 44.4 Å². The summed E-state index contributed by atoms with van der Waals surface area (Å²) in [6, 6.07) is 24.6. The molecule has 0 spiro atoms. The predicted octanol–water partition coefficient (Wildman–Crippen LogP) is 8.34. The SMILES string of the molecule is C=C1CCN(c2cccc(C#CCCN3CCN(C(=O)N4CCN(Cc5ccc(-c6cc7c(-c8cc(F)cc(NC(=O)c9ccc(C(C)(C)O)cc9F)c8C)ncnc7[nH]6)cc5)CC4)CC3)c2)C(=O)C1. The number of piperidine rings is 1. The van der Waals surface area contributed by atoms with Crippen molar-refractivity contribution in [2.24, 2.45) is 0 Å². The summed E-state index contributed by atoms with van der Waals surface area (Å²) >= 11 is 0. The highest BCUT2D eigenvalue weighted by Crippen LogP contribution is 2.35. The van der Waals surface area contributed by atoms with Crippen molar-refractivity contribution in [3.05, 3.63) is 143 Å². The molecule has 3 saturated heterocycles. The molecule has 3 aliphatic rings. The second-order valence-electron chi connectivity index (χ2n) is 18.9. The van der Waals surface area contributed by atoms with Crippen LogP contribution in [0, 0.1) is 30.4 Å². The van der Waals surface area contributed by atoms with Crippen LogP contribution in [0.3, 0.4) is 0 Å². The minimum Gasteiger partial charge on any atom is -0.386 e. The molecule has 3 N–H and O–H groups in total. The molecule has 0 radical (unpaired) electrons. The number of nitrogens with zero attached hydrogens (tertiary/aromatic N) is 7. The third-order valence-electron chi connectivity index (χ3n) is 13.5. The third-order valence-corrected chi connectivity index (χ3v) is 13.5. The number of amides is 4.